The Morgan fingerprint density at radius 1 is 1.09 bits per heavy atom. The zero-order chi connectivity index (χ0) is 17.1. The third-order valence-electron chi connectivity index (χ3n) is 4.80. The van der Waals surface area contributed by atoms with E-state index in [9.17, 15) is 0 Å². The Morgan fingerprint density at radius 2 is 1.70 bits per heavy atom. The van der Waals surface area contributed by atoms with E-state index in [1.165, 1.54) is 0 Å². The number of hydrogen-bond donors (Lipinski definition) is 0. The van der Waals surface area contributed by atoms with Crippen LogP contribution < -0.4 is 0 Å². The molecule has 0 amide bonds. The zero-order valence-corrected chi connectivity index (χ0v) is 15.0. The Hall–Kier alpha value is -0.595. The van der Waals surface area contributed by atoms with Gasteiger partial charge >= 0.3 is 7.12 Å². The number of rotatable bonds is 6. The lowest BCUT2D eigenvalue weighted by Crippen LogP contribution is -2.45. The summed E-state index contributed by atoms with van der Waals surface area (Å²) in [4.78, 5) is 0. The fourth-order valence-electron chi connectivity index (χ4n) is 2.72. The lowest BCUT2D eigenvalue weighted by molar-refractivity contribution is -0.221. The fraction of sp³-hybridized carbons (Fsp3) is 0.875. The lowest BCUT2D eigenvalue weighted by Gasteiger charge is -2.34. The van der Waals surface area contributed by atoms with Crippen LogP contribution in [0.15, 0.2) is 12.2 Å². The third kappa shape index (κ3) is 4.28. The van der Waals surface area contributed by atoms with Crippen LogP contribution in [0, 0.1) is 0 Å². The Balaban J connectivity index is 1.91. The second-order valence-corrected chi connectivity index (χ2v) is 6.95. The van der Waals surface area contributed by atoms with Crippen LogP contribution in [0.1, 0.15) is 40.5 Å². The van der Waals surface area contributed by atoms with E-state index in [4.69, 9.17) is 28.3 Å². The summed E-state index contributed by atoms with van der Waals surface area (Å²) < 4.78 is 34.0. The van der Waals surface area contributed by atoms with Gasteiger partial charge in [0.2, 0.25) is 0 Å². The predicted molar refractivity (Wildman–Crippen MR) is 86.9 cm³/mol. The van der Waals surface area contributed by atoms with Crippen LogP contribution in [0.3, 0.4) is 0 Å². The molecule has 2 heterocycles. The van der Waals surface area contributed by atoms with Crippen molar-refractivity contribution in [1.29, 1.82) is 0 Å². The highest BCUT2D eigenvalue weighted by molar-refractivity contribution is 6.51. The molecule has 2 aliphatic heterocycles. The quantitative estimate of drug-likeness (QED) is 0.424. The van der Waals surface area contributed by atoms with Crippen LogP contribution >= 0.6 is 0 Å². The molecule has 23 heavy (non-hydrogen) atoms. The highest BCUT2D eigenvalue weighted by atomic mass is 16.7. The number of hydrogen-bond acceptors (Lipinski definition) is 6. The van der Waals surface area contributed by atoms with Gasteiger partial charge in [-0.1, -0.05) is 0 Å². The van der Waals surface area contributed by atoms with E-state index in [1.54, 1.807) is 26.5 Å². The average molecular weight is 328 g/mol. The van der Waals surface area contributed by atoms with Crippen molar-refractivity contribution < 1.29 is 28.3 Å². The molecule has 0 radical (unpaired) electrons. The van der Waals surface area contributed by atoms with Gasteiger partial charge in [0.15, 0.2) is 6.29 Å². The smallest absolute Gasteiger partial charge is 0.490 e. The summed E-state index contributed by atoms with van der Waals surface area (Å²) in [6, 6.07) is 0. The van der Waals surface area contributed by atoms with Gasteiger partial charge in [-0.05, 0) is 46.5 Å². The van der Waals surface area contributed by atoms with Gasteiger partial charge in [-0.25, -0.2) is 0 Å². The van der Waals surface area contributed by atoms with Crippen molar-refractivity contribution in [3.63, 3.8) is 0 Å². The molecule has 0 N–H and O–H groups in total. The summed E-state index contributed by atoms with van der Waals surface area (Å²) in [5, 5.41) is 0. The molecule has 7 heteroatoms. The molecular formula is C16H29BO6. The van der Waals surface area contributed by atoms with E-state index in [0.29, 0.717) is 6.61 Å². The maximum absolute atomic E-state index is 5.90. The van der Waals surface area contributed by atoms with E-state index in [2.05, 4.69) is 0 Å². The van der Waals surface area contributed by atoms with E-state index in [0.717, 1.165) is 12.8 Å². The minimum Gasteiger partial charge on any atom is -0.496 e. The third-order valence-corrected chi connectivity index (χ3v) is 4.80. The molecule has 0 aromatic rings. The summed E-state index contributed by atoms with van der Waals surface area (Å²) in [5.41, 5.74) is -0.703. The van der Waals surface area contributed by atoms with Crippen LogP contribution in [-0.2, 0) is 28.3 Å². The molecule has 6 nitrogen and oxygen atoms in total. The first kappa shape index (κ1) is 18.7. The van der Waals surface area contributed by atoms with Crippen molar-refractivity contribution >= 4 is 7.12 Å². The average Bonchev–Trinajstić information content (AvgIpc) is 2.69. The fourth-order valence-corrected chi connectivity index (χ4v) is 2.72. The monoisotopic (exact) mass is 328 g/mol. The van der Waals surface area contributed by atoms with Crippen LogP contribution in [0.2, 0.25) is 0 Å². The van der Waals surface area contributed by atoms with Crippen molar-refractivity contribution in [3.05, 3.63) is 12.2 Å². The summed E-state index contributed by atoms with van der Waals surface area (Å²) in [6.45, 7) is 8.78. The molecule has 0 aromatic carbocycles. The molecule has 2 fully saturated rings. The Morgan fingerprint density at radius 3 is 2.26 bits per heavy atom. The van der Waals surface area contributed by atoms with E-state index in [1.807, 2.05) is 27.7 Å². The molecule has 2 atom stereocenters. The molecule has 0 spiro atoms. The minimum absolute atomic E-state index is 0.118. The first-order valence-electron chi connectivity index (χ1n) is 8.15. The largest absolute Gasteiger partial charge is 0.496 e. The number of methoxy groups -OCH3 is 2. The number of ether oxygens (including phenoxy) is 4. The van der Waals surface area contributed by atoms with E-state index in [-0.39, 0.29) is 23.4 Å². The zero-order valence-electron chi connectivity index (χ0n) is 15.0. The van der Waals surface area contributed by atoms with Crippen molar-refractivity contribution in [3.8, 4) is 0 Å². The van der Waals surface area contributed by atoms with Crippen LogP contribution in [0.5, 0.6) is 0 Å². The van der Waals surface area contributed by atoms with E-state index < -0.39 is 13.4 Å². The van der Waals surface area contributed by atoms with Crippen LogP contribution in [0.4, 0.5) is 0 Å². The molecule has 0 aromatic heterocycles. The van der Waals surface area contributed by atoms with Gasteiger partial charge in [-0.15, -0.1) is 0 Å². The van der Waals surface area contributed by atoms with Crippen LogP contribution in [0.25, 0.3) is 0 Å². The van der Waals surface area contributed by atoms with Crippen molar-refractivity contribution in [2.75, 3.05) is 20.8 Å². The van der Waals surface area contributed by atoms with Crippen molar-refractivity contribution in [2.45, 2.75) is 70.2 Å². The van der Waals surface area contributed by atoms with E-state index >= 15 is 0 Å². The van der Waals surface area contributed by atoms with Gasteiger partial charge in [0.25, 0.3) is 0 Å². The maximum Gasteiger partial charge on any atom is 0.490 e. The first-order chi connectivity index (χ1) is 10.8. The molecule has 0 aliphatic carbocycles. The molecule has 2 aliphatic rings. The van der Waals surface area contributed by atoms with Gasteiger partial charge in [-0.3, -0.25) is 0 Å². The topological polar surface area (TPSA) is 55.4 Å². The molecule has 0 saturated carbocycles. The lowest BCUT2D eigenvalue weighted by atomic mass is 9.90. The summed E-state index contributed by atoms with van der Waals surface area (Å²) in [6.07, 6.45) is 2.67. The second-order valence-electron chi connectivity index (χ2n) is 6.95. The molecule has 2 rings (SSSR count). The van der Waals surface area contributed by atoms with Gasteiger partial charge in [-0.2, -0.15) is 0 Å². The second kappa shape index (κ2) is 7.53. The highest BCUT2D eigenvalue weighted by Crippen LogP contribution is 2.36. The van der Waals surface area contributed by atoms with Gasteiger partial charge < -0.3 is 28.3 Å². The summed E-state index contributed by atoms with van der Waals surface area (Å²) >= 11 is 0. The highest BCUT2D eigenvalue weighted by Gasteiger charge is 2.50. The maximum atomic E-state index is 5.90. The normalized spacial score (nSPS) is 30.3. The molecule has 132 valence electrons. The van der Waals surface area contributed by atoms with Gasteiger partial charge in [0, 0.05) is 20.8 Å². The van der Waals surface area contributed by atoms with Gasteiger partial charge in [0.05, 0.1) is 17.5 Å². The summed E-state index contributed by atoms with van der Waals surface area (Å²) in [5.74, 6) is 1.79. The van der Waals surface area contributed by atoms with Crippen LogP contribution in [-0.4, -0.2) is 57.6 Å². The van der Waals surface area contributed by atoms with Gasteiger partial charge in [0.1, 0.15) is 12.2 Å². The standard InChI is InChI=1S/C16H29BO6/c1-15(2)16(3,4)23-17(22-15)9-11-20-12-8-7-10-21-13(12)14(18-5)19-6/h9,11-14H,7-8,10H2,1-6H3/b11-9+/t12-,13-/m1/s1. The minimum atomic E-state index is -0.439. The Bertz CT molecular complexity index is 391. The first-order valence-corrected chi connectivity index (χ1v) is 8.15. The Kier molecular flexibility index (Phi) is 6.13. The molecular weight excluding hydrogens is 299 g/mol. The predicted octanol–water partition coefficient (Wildman–Crippen LogP) is 2.31. The molecule has 0 unspecified atom stereocenters. The Labute approximate surface area is 139 Å². The SMILES string of the molecule is COC(OC)[C@@H]1OCCC[C@H]1O/C=C/B1OC(C)(C)C(C)(C)O1. The summed E-state index contributed by atoms with van der Waals surface area (Å²) in [7, 11) is 2.79. The molecule has 0 bridgehead atoms. The molecule has 2 saturated heterocycles. The van der Waals surface area contributed by atoms with Crippen molar-refractivity contribution in [1.82, 2.24) is 0 Å². The van der Waals surface area contributed by atoms with Crippen molar-refractivity contribution in [2.24, 2.45) is 0 Å².